The average Bonchev–Trinajstić information content (AvgIpc) is 3.38. The molecule has 0 aromatic carbocycles. The van der Waals surface area contributed by atoms with E-state index in [-0.39, 0.29) is 11.8 Å². The monoisotopic (exact) mass is 431 g/mol. The summed E-state index contributed by atoms with van der Waals surface area (Å²) in [6.07, 6.45) is 5.50. The first-order chi connectivity index (χ1) is 15.6. The van der Waals surface area contributed by atoms with E-state index in [1.807, 2.05) is 48.8 Å². The highest BCUT2D eigenvalue weighted by molar-refractivity contribution is 5.91. The molecule has 5 rings (SSSR count). The number of nitrogens with one attached hydrogen (secondary N) is 1. The number of piperidine rings is 1. The number of rotatable bonds is 5. The Balaban J connectivity index is 1.42. The Kier molecular flexibility index (Phi) is 5.40. The van der Waals surface area contributed by atoms with Gasteiger partial charge in [0.1, 0.15) is 5.82 Å². The van der Waals surface area contributed by atoms with E-state index >= 15 is 0 Å². The number of likely N-dealkylation sites (tertiary alicyclic amines) is 1. The second kappa shape index (κ2) is 8.51. The predicted molar refractivity (Wildman–Crippen MR) is 119 cm³/mol. The summed E-state index contributed by atoms with van der Waals surface area (Å²) in [6.45, 7) is 5.80. The van der Waals surface area contributed by atoms with Gasteiger partial charge in [-0.05, 0) is 45.4 Å². The molecule has 0 spiro atoms. The van der Waals surface area contributed by atoms with E-state index in [0.717, 1.165) is 54.2 Å². The number of hydrogen-bond acceptors (Lipinski definition) is 7. The predicted octanol–water partition coefficient (Wildman–Crippen LogP) is 3.21. The highest BCUT2D eigenvalue weighted by atomic mass is 16.5. The Labute approximate surface area is 185 Å². The molecule has 9 heteroatoms. The number of pyridine rings is 1. The van der Waals surface area contributed by atoms with Gasteiger partial charge in [0.25, 0.3) is 0 Å². The largest absolute Gasteiger partial charge is 0.356 e. The summed E-state index contributed by atoms with van der Waals surface area (Å²) in [5.41, 5.74) is 4.48. The van der Waals surface area contributed by atoms with Crippen LogP contribution in [0.2, 0.25) is 0 Å². The van der Waals surface area contributed by atoms with Gasteiger partial charge in [-0.1, -0.05) is 11.2 Å². The molecule has 4 aromatic rings. The van der Waals surface area contributed by atoms with Crippen LogP contribution in [0.5, 0.6) is 0 Å². The number of anilines is 1. The number of nitrogens with zero attached hydrogens (tertiary/aromatic N) is 6. The molecule has 0 radical (unpaired) electrons. The van der Waals surface area contributed by atoms with Crippen LogP contribution in [0, 0.1) is 13.8 Å². The normalized spacial score (nSPS) is 17.0. The van der Waals surface area contributed by atoms with E-state index in [2.05, 4.69) is 25.3 Å². The van der Waals surface area contributed by atoms with Gasteiger partial charge in [-0.3, -0.25) is 9.69 Å². The summed E-state index contributed by atoms with van der Waals surface area (Å²) >= 11 is 0. The van der Waals surface area contributed by atoms with E-state index in [4.69, 9.17) is 9.62 Å². The standard InChI is InChI=1S/C23H25N7O2/c1-15-11-21-25-12-18(19-10-16(2)28-32-19)23(30(21)27-15)17-6-5-9-29(13-17)14-22(31)26-20-7-3-4-8-24-20/h3-4,7-8,10-12,17H,5-6,9,13-14H2,1-2H3,(H,24,26,31)/t17-/m0/s1. The number of aryl methyl sites for hydroxylation is 2. The molecule has 0 unspecified atom stereocenters. The Morgan fingerprint density at radius 1 is 1.22 bits per heavy atom. The van der Waals surface area contributed by atoms with Crippen molar-refractivity contribution in [3.05, 3.63) is 59.8 Å². The molecule has 5 heterocycles. The van der Waals surface area contributed by atoms with Gasteiger partial charge in [0, 0.05) is 37.0 Å². The molecule has 1 aliphatic rings. The topological polar surface area (TPSA) is 101 Å². The molecule has 164 valence electrons. The van der Waals surface area contributed by atoms with Crippen LogP contribution in [0.1, 0.15) is 35.8 Å². The van der Waals surface area contributed by atoms with Gasteiger partial charge in [-0.2, -0.15) is 5.10 Å². The molecule has 1 aliphatic heterocycles. The summed E-state index contributed by atoms with van der Waals surface area (Å²) < 4.78 is 7.50. The van der Waals surface area contributed by atoms with Crippen molar-refractivity contribution >= 4 is 17.4 Å². The molecule has 1 amide bonds. The minimum atomic E-state index is -0.0646. The molecule has 1 fully saturated rings. The lowest BCUT2D eigenvalue weighted by Gasteiger charge is -2.33. The third kappa shape index (κ3) is 4.11. The molecule has 0 bridgehead atoms. The summed E-state index contributed by atoms with van der Waals surface area (Å²) in [6, 6.07) is 9.36. The lowest BCUT2D eigenvalue weighted by molar-refractivity contribution is -0.117. The van der Waals surface area contributed by atoms with E-state index in [9.17, 15) is 4.79 Å². The first-order valence-corrected chi connectivity index (χ1v) is 10.8. The second-order valence-electron chi connectivity index (χ2n) is 8.28. The van der Waals surface area contributed by atoms with Gasteiger partial charge in [-0.15, -0.1) is 0 Å². The smallest absolute Gasteiger partial charge is 0.239 e. The fourth-order valence-electron chi connectivity index (χ4n) is 4.38. The lowest BCUT2D eigenvalue weighted by Crippen LogP contribution is -2.40. The van der Waals surface area contributed by atoms with Gasteiger partial charge in [0.2, 0.25) is 5.91 Å². The number of amides is 1. The Hall–Kier alpha value is -3.59. The maximum Gasteiger partial charge on any atom is 0.239 e. The molecule has 1 saturated heterocycles. The van der Waals surface area contributed by atoms with Crippen molar-refractivity contribution in [1.82, 2.24) is 29.6 Å². The van der Waals surface area contributed by atoms with Gasteiger partial charge in [-0.25, -0.2) is 14.5 Å². The molecular formula is C23H25N7O2. The fourth-order valence-corrected chi connectivity index (χ4v) is 4.38. The first kappa shape index (κ1) is 20.3. The van der Waals surface area contributed by atoms with Gasteiger partial charge < -0.3 is 9.84 Å². The number of carbonyl (C=O) groups is 1. The number of aromatic nitrogens is 5. The molecule has 1 N–H and O–H groups in total. The van der Waals surface area contributed by atoms with Crippen LogP contribution >= 0.6 is 0 Å². The minimum Gasteiger partial charge on any atom is -0.356 e. The Morgan fingerprint density at radius 3 is 2.91 bits per heavy atom. The highest BCUT2D eigenvalue weighted by Gasteiger charge is 2.29. The van der Waals surface area contributed by atoms with Crippen molar-refractivity contribution in [1.29, 1.82) is 0 Å². The van der Waals surface area contributed by atoms with Crippen molar-refractivity contribution in [2.24, 2.45) is 0 Å². The molecule has 32 heavy (non-hydrogen) atoms. The average molecular weight is 432 g/mol. The lowest BCUT2D eigenvalue weighted by atomic mass is 9.91. The van der Waals surface area contributed by atoms with E-state index in [0.29, 0.717) is 18.1 Å². The Bertz CT molecular complexity index is 1250. The molecule has 4 aromatic heterocycles. The van der Waals surface area contributed by atoms with E-state index in [1.165, 1.54) is 0 Å². The SMILES string of the molecule is Cc1cc(-c2cnc3cc(C)nn3c2[C@H]2CCCN(CC(=O)Nc3ccccn3)C2)on1. The van der Waals surface area contributed by atoms with E-state index in [1.54, 1.807) is 12.3 Å². The van der Waals surface area contributed by atoms with Crippen LogP contribution in [-0.4, -0.2) is 55.2 Å². The van der Waals surface area contributed by atoms with Gasteiger partial charge >= 0.3 is 0 Å². The van der Waals surface area contributed by atoms with Crippen LogP contribution in [0.15, 0.2) is 47.2 Å². The summed E-state index contributed by atoms with van der Waals surface area (Å²) in [5, 5.41) is 11.6. The second-order valence-corrected chi connectivity index (χ2v) is 8.28. The summed E-state index contributed by atoms with van der Waals surface area (Å²) in [5.74, 6) is 1.36. The van der Waals surface area contributed by atoms with Crippen LogP contribution in [0.3, 0.4) is 0 Å². The fraction of sp³-hybridized carbons (Fsp3) is 0.348. The summed E-state index contributed by atoms with van der Waals surface area (Å²) in [4.78, 5) is 23.5. The quantitative estimate of drug-likeness (QED) is 0.518. The molecule has 9 nitrogen and oxygen atoms in total. The zero-order chi connectivity index (χ0) is 22.1. The van der Waals surface area contributed by atoms with Crippen LogP contribution < -0.4 is 5.32 Å². The number of fused-ring (bicyclic) bond motifs is 1. The maximum atomic E-state index is 12.6. The third-order valence-corrected chi connectivity index (χ3v) is 5.73. The summed E-state index contributed by atoms with van der Waals surface area (Å²) in [7, 11) is 0. The number of hydrogen-bond donors (Lipinski definition) is 1. The van der Waals surface area contributed by atoms with Crippen LogP contribution in [0.25, 0.3) is 17.0 Å². The van der Waals surface area contributed by atoms with E-state index < -0.39 is 0 Å². The zero-order valence-corrected chi connectivity index (χ0v) is 18.2. The highest BCUT2D eigenvalue weighted by Crippen LogP contribution is 2.34. The van der Waals surface area contributed by atoms with Gasteiger partial charge in [0.05, 0.1) is 29.2 Å². The molecular weight excluding hydrogens is 406 g/mol. The van der Waals surface area contributed by atoms with Crippen molar-refractivity contribution in [2.45, 2.75) is 32.6 Å². The van der Waals surface area contributed by atoms with Crippen molar-refractivity contribution < 1.29 is 9.32 Å². The Morgan fingerprint density at radius 2 is 2.12 bits per heavy atom. The van der Waals surface area contributed by atoms with Crippen molar-refractivity contribution in [2.75, 3.05) is 25.0 Å². The van der Waals surface area contributed by atoms with Crippen molar-refractivity contribution in [3.63, 3.8) is 0 Å². The van der Waals surface area contributed by atoms with Crippen molar-refractivity contribution in [3.8, 4) is 11.3 Å². The zero-order valence-electron chi connectivity index (χ0n) is 18.2. The number of carbonyl (C=O) groups excluding carboxylic acids is 1. The van der Waals surface area contributed by atoms with Crippen LogP contribution in [0.4, 0.5) is 5.82 Å². The maximum absolute atomic E-state index is 12.6. The molecule has 0 aliphatic carbocycles. The third-order valence-electron chi connectivity index (χ3n) is 5.73. The minimum absolute atomic E-state index is 0.0646. The molecule has 1 atom stereocenters. The van der Waals surface area contributed by atoms with Crippen LogP contribution in [-0.2, 0) is 4.79 Å². The molecule has 0 saturated carbocycles. The first-order valence-electron chi connectivity index (χ1n) is 10.8. The van der Waals surface area contributed by atoms with Gasteiger partial charge in [0.15, 0.2) is 11.4 Å².